The second-order valence-electron chi connectivity index (χ2n) is 7.79. The summed E-state index contributed by atoms with van der Waals surface area (Å²) in [6.07, 6.45) is 7.98. The molecule has 0 atom stereocenters. The Morgan fingerprint density at radius 3 is 2.45 bits per heavy atom. The average Bonchev–Trinajstić information content (AvgIpc) is 2.75. The van der Waals surface area contributed by atoms with E-state index in [4.69, 9.17) is 9.47 Å². The number of aryl methyl sites for hydroxylation is 1. The molecule has 5 nitrogen and oxygen atoms in total. The number of hydrogen-bond acceptors (Lipinski definition) is 4. The number of amides is 1. The Balaban J connectivity index is 1.67. The van der Waals surface area contributed by atoms with Gasteiger partial charge in [-0.1, -0.05) is 38.2 Å². The molecule has 1 saturated carbocycles. The third kappa shape index (κ3) is 5.66. The summed E-state index contributed by atoms with van der Waals surface area (Å²) in [6, 6.07) is 11.3. The van der Waals surface area contributed by atoms with Crippen LogP contribution in [0.2, 0.25) is 0 Å². The summed E-state index contributed by atoms with van der Waals surface area (Å²) >= 11 is 0. The van der Waals surface area contributed by atoms with Crippen LogP contribution < -0.4 is 20.1 Å². The summed E-state index contributed by atoms with van der Waals surface area (Å²) in [5, 5.41) is 6.57. The topological polar surface area (TPSA) is 59.6 Å². The number of anilines is 2. The molecule has 2 N–H and O–H groups in total. The fraction of sp³-hybridized carbons (Fsp3) is 0.458. The number of rotatable bonds is 8. The van der Waals surface area contributed by atoms with Crippen LogP contribution in [0, 0.1) is 12.8 Å². The second kappa shape index (κ2) is 10.2. The number of methoxy groups -OCH3 is 2. The molecule has 156 valence electrons. The Morgan fingerprint density at radius 2 is 1.72 bits per heavy atom. The maximum Gasteiger partial charge on any atom is 0.255 e. The first-order valence-corrected chi connectivity index (χ1v) is 10.5. The number of ether oxygens (including phenoxy) is 2. The molecule has 0 bridgehead atoms. The molecule has 0 aromatic heterocycles. The molecular weight excluding hydrogens is 364 g/mol. The van der Waals surface area contributed by atoms with Crippen LogP contribution >= 0.6 is 0 Å². The van der Waals surface area contributed by atoms with E-state index in [1.165, 1.54) is 38.5 Å². The summed E-state index contributed by atoms with van der Waals surface area (Å²) in [7, 11) is 3.14. The number of carbonyl (C=O) groups is 1. The smallest absolute Gasteiger partial charge is 0.255 e. The van der Waals surface area contributed by atoms with Crippen molar-refractivity contribution in [2.75, 3.05) is 31.4 Å². The first kappa shape index (κ1) is 21.0. The minimum atomic E-state index is -0.174. The molecule has 0 radical (unpaired) electrons. The van der Waals surface area contributed by atoms with Crippen molar-refractivity contribution in [1.82, 2.24) is 0 Å². The molecule has 0 spiro atoms. The molecule has 0 heterocycles. The Bertz CT molecular complexity index is 829. The van der Waals surface area contributed by atoms with E-state index in [0.29, 0.717) is 17.1 Å². The zero-order valence-electron chi connectivity index (χ0n) is 17.7. The quantitative estimate of drug-likeness (QED) is 0.606. The van der Waals surface area contributed by atoms with E-state index in [9.17, 15) is 4.79 Å². The zero-order chi connectivity index (χ0) is 20.6. The van der Waals surface area contributed by atoms with Crippen LogP contribution in [0.4, 0.5) is 11.4 Å². The van der Waals surface area contributed by atoms with Gasteiger partial charge in [0.25, 0.3) is 5.91 Å². The Kier molecular flexibility index (Phi) is 7.39. The minimum Gasteiger partial charge on any atom is -0.493 e. The first-order valence-electron chi connectivity index (χ1n) is 10.5. The van der Waals surface area contributed by atoms with Crippen LogP contribution in [0.1, 0.15) is 54.4 Å². The molecule has 0 aliphatic heterocycles. The second-order valence-corrected chi connectivity index (χ2v) is 7.79. The maximum absolute atomic E-state index is 12.8. The first-order chi connectivity index (χ1) is 14.1. The van der Waals surface area contributed by atoms with Crippen LogP contribution in [0.5, 0.6) is 11.5 Å². The SMILES string of the molecule is COc1ccc(C(=O)Nc2cc(C)ccc2NCCC2CCCCC2)cc1OC. The maximum atomic E-state index is 12.8. The highest BCUT2D eigenvalue weighted by atomic mass is 16.5. The molecule has 2 aromatic carbocycles. The highest BCUT2D eigenvalue weighted by Crippen LogP contribution is 2.30. The van der Waals surface area contributed by atoms with E-state index in [0.717, 1.165) is 29.4 Å². The number of hydrogen-bond donors (Lipinski definition) is 2. The van der Waals surface area contributed by atoms with Crippen molar-refractivity contribution < 1.29 is 14.3 Å². The van der Waals surface area contributed by atoms with Crippen LogP contribution in [0.15, 0.2) is 36.4 Å². The standard InChI is InChI=1S/C24H32N2O3/c1-17-9-11-20(25-14-13-18-7-5-4-6-8-18)21(15-17)26-24(27)19-10-12-22(28-2)23(16-19)29-3/h9-12,15-16,18,25H,4-8,13-14H2,1-3H3,(H,26,27). The Morgan fingerprint density at radius 1 is 0.966 bits per heavy atom. The van der Waals surface area contributed by atoms with E-state index in [1.54, 1.807) is 32.4 Å². The van der Waals surface area contributed by atoms with Gasteiger partial charge in [0.1, 0.15) is 0 Å². The molecule has 1 fully saturated rings. The van der Waals surface area contributed by atoms with Gasteiger partial charge in [0, 0.05) is 12.1 Å². The van der Waals surface area contributed by atoms with E-state index in [-0.39, 0.29) is 5.91 Å². The van der Waals surface area contributed by atoms with Gasteiger partial charge in [-0.15, -0.1) is 0 Å². The molecule has 0 saturated heterocycles. The van der Waals surface area contributed by atoms with Crippen molar-refractivity contribution in [1.29, 1.82) is 0 Å². The minimum absolute atomic E-state index is 0.174. The zero-order valence-corrected chi connectivity index (χ0v) is 17.7. The third-order valence-electron chi connectivity index (χ3n) is 5.66. The summed E-state index contributed by atoms with van der Waals surface area (Å²) in [5.74, 6) is 1.79. The Hall–Kier alpha value is -2.69. The van der Waals surface area contributed by atoms with Gasteiger partial charge in [-0.2, -0.15) is 0 Å². The van der Waals surface area contributed by atoms with Crippen molar-refractivity contribution in [3.8, 4) is 11.5 Å². The van der Waals surface area contributed by atoms with Crippen molar-refractivity contribution in [3.63, 3.8) is 0 Å². The predicted octanol–water partition coefficient (Wildman–Crippen LogP) is 5.65. The third-order valence-corrected chi connectivity index (χ3v) is 5.66. The van der Waals surface area contributed by atoms with Crippen molar-refractivity contribution in [2.45, 2.75) is 45.4 Å². The lowest BCUT2D eigenvalue weighted by Gasteiger charge is -2.22. The molecular formula is C24H32N2O3. The van der Waals surface area contributed by atoms with E-state index < -0.39 is 0 Å². The summed E-state index contributed by atoms with van der Waals surface area (Å²) in [4.78, 5) is 12.8. The molecule has 0 unspecified atom stereocenters. The summed E-state index contributed by atoms with van der Waals surface area (Å²) in [6.45, 7) is 2.95. The summed E-state index contributed by atoms with van der Waals surface area (Å²) < 4.78 is 10.6. The number of benzene rings is 2. The molecule has 3 rings (SSSR count). The molecule has 29 heavy (non-hydrogen) atoms. The van der Waals surface area contributed by atoms with Crippen molar-refractivity contribution in [3.05, 3.63) is 47.5 Å². The normalized spacial score (nSPS) is 14.3. The lowest BCUT2D eigenvalue weighted by molar-refractivity contribution is 0.102. The van der Waals surface area contributed by atoms with Gasteiger partial charge < -0.3 is 20.1 Å². The molecule has 1 aliphatic rings. The Labute approximate surface area is 173 Å². The lowest BCUT2D eigenvalue weighted by atomic mass is 9.87. The largest absolute Gasteiger partial charge is 0.493 e. The van der Waals surface area contributed by atoms with Gasteiger partial charge >= 0.3 is 0 Å². The van der Waals surface area contributed by atoms with Gasteiger partial charge in [-0.3, -0.25) is 4.79 Å². The van der Waals surface area contributed by atoms with E-state index in [2.05, 4.69) is 16.7 Å². The fourth-order valence-corrected chi connectivity index (χ4v) is 3.97. The average molecular weight is 397 g/mol. The van der Waals surface area contributed by atoms with Gasteiger partial charge in [-0.05, 0) is 55.2 Å². The highest BCUT2D eigenvalue weighted by Gasteiger charge is 2.15. The van der Waals surface area contributed by atoms with Crippen LogP contribution in [-0.4, -0.2) is 26.7 Å². The van der Waals surface area contributed by atoms with Gasteiger partial charge in [0.05, 0.1) is 25.6 Å². The van der Waals surface area contributed by atoms with Gasteiger partial charge in [-0.25, -0.2) is 0 Å². The van der Waals surface area contributed by atoms with Crippen LogP contribution in [-0.2, 0) is 0 Å². The fourth-order valence-electron chi connectivity index (χ4n) is 3.97. The van der Waals surface area contributed by atoms with Crippen LogP contribution in [0.25, 0.3) is 0 Å². The predicted molar refractivity (Wildman–Crippen MR) is 118 cm³/mol. The molecule has 5 heteroatoms. The molecule has 1 aliphatic carbocycles. The van der Waals surface area contributed by atoms with Crippen molar-refractivity contribution >= 4 is 17.3 Å². The highest BCUT2D eigenvalue weighted by molar-refractivity contribution is 6.06. The molecule has 2 aromatic rings. The monoisotopic (exact) mass is 396 g/mol. The summed E-state index contributed by atoms with van der Waals surface area (Å²) in [5.41, 5.74) is 3.39. The van der Waals surface area contributed by atoms with Gasteiger partial charge in [0.2, 0.25) is 0 Å². The lowest BCUT2D eigenvalue weighted by Crippen LogP contribution is -2.16. The van der Waals surface area contributed by atoms with E-state index >= 15 is 0 Å². The van der Waals surface area contributed by atoms with E-state index in [1.807, 2.05) is 19.1 Å². The molecule has 1 amide bonds. The van der Waals surface area contributed by atoms with Gasteiger partial charge in [0.15, 0.2) is 11.5 Å². The van der Waals surface area contributed by atoms with Crippen LogP contribution in [0.3, 0.4) is 0 Å². The number of nitrogens with one attached hydrogen (secondary N) is 2. The van der Waals surface area contributed by atoms with Crippen molar-refractivity contribution in [2.24, 2.45) is 5.92 Å². The number of carbonyl (C=O) groups excluding carboxylic acids is 1.